The van der Waals surface area contributed by atoms with Crippen LogP contribution in [0, 0.1) is 11.8 Å². The van der Waals surface area contributed by atoms with E-state index in [0.717, 1.165) is 25.7 Å². The van der Waals surface area contributed by atoms with Crippen molar-refractivity contribution >= 4 is 15.8 Å². The Balaban J connectivity index is 1.88. The van der Waals surface area contributed by atoms with Gasteiger partial charge in [0, 0.05) is 25.8 Å². The molecule has 0 bridgehead atoms. The number of hydrogen-bond acceptors (Lipinski definition) is 4. The van der Waals surface area contributed by atoms with Gasteiger partial charge in [0.25, 0.3) is 0 Å². The van der Waals surface area contributed by atoms with E-state index < -0.39 is 10.0 Å². The fourth-order valence-corrected chi connectivity index (χ4v) is 4.20. The monoisotopic (exact) mass is 309 g/mol. The van der Waals surface area contributed by atoms with Gasteiger partial charge in [0.1, 0.15) is 10.7 Å². The van der Waals surface area contributed by atoms with Gasteiger partial charge in [0.05, 0.1) is 0 Å². The van der Waals surface area contributed by atoms with Crippen LogP contribution in [0.4, 0.5) is 5.82 Å². The molecule has 1 heterocycles. The number of anilines is 1. The maximum Gasteiger partial charge on any atom is 0.246 e. The SMILES string of the molecule is CCNc1ncccc1S(=O)(=O)N(CC1CC1)CC1CC1. The van der Waals surface area contributed by atoms with E-state index in [4.69, 9.17) is 0 Å². The minimum atomic E-state index is -3.46. The van der Waals surface area contributed by atoms with E-state index in [0.29, 0.717) is 42.2 Å². The smallest absolute Gasteiger partial charge is 0.246 e. The number of aromatic nitrogens is 1. The Kier molecular flexibility index (Phi) is 4.17. The Labute approximate surface area is 126 Å². The van der Waals surface area contributed by atoms with Crippen LogP contribution >= 0.6 is 0 Å². The average molecular weight is 309 g/mol. The Morgan fingerprint density at radius 2 is 1.86 bits per heavy atom. The van der Waals surface area contributed by atoms with Gasteiger partial charge in [0.2, 0.25) is 10.0 Å². The second kappa shape index (κ2) is 5.93. The number of hydrogen-bond donors (Lipinski definition) is 1. The largest absolute Gasteiger partial charge is 0.369 e. The van der Waals surface area contributed by atoms with Gasteiger partial charge in [-0.05, 0) is 56.6 Å². The van der Waals surface area contributed by atoms with Crippen molar-refractivity contribution < 1.29 is 8.42 Å². The third-order valence-electron chi connectivity index (χ3n) is 4.05. The Morgan fingerprint density at radius 3 is 2.38 bits per heavy atom. The summed E-state index contributed by atoms with van der Waals surface area (Å²) in [5.41, 5.74) is 0. The molecule has 0 radical (unpaired) electrons. The number of pyridine rings is 1. The van der Waals surface area contributed by atoms with E-state index in [9.17, 15) is 8.42 Å². The van der Waals surface area contributed by atoms with Crippen molar-refractivity contribution in [2.75, 3.05) is 25.0 Å². The molecule has 2 aliphatic carbocycles. The third kappa shape index (κ3) is 3.55. The van der Waals surface area contributed by atoms with Crippen molar-refractivity contribution in [1.29, 1.82) is 0 Å². The first-order valence-electron chi connectivity index (χ1n) is 7.80. The molecule has 0 aromatic carbocycles. The zero-order chi connectivity index (χ0) is 14.9. The predicted octanol–water partition coefficient (Wildman–Crippen LogP) is 2.32. The number of rotatable bonds is 8. The van der Waals surface area contributed by atoms with Gasteiger partial charge >= 0.3 is 0 Å². The summed E-state index contributed by atoms with van der Waals surface area (Å²) in [6, 6.07) is 3.35. The van der Waals surface area contributed by atoms with Crippen molar-refractivity contribution in [1.82, 2.24) is 9.29 Å². The van der Waals surface area contributed by atoms with Crippen molar-refractivity contribution in [3.8, 4) is 0 Å². The van der Waals surface area contributed by atoms with Crippen molar-refractivity contribution in [3.05, 3.63) is 18.3 Å². The summed E-state index contributed by atoms with van der Waals surface area (Å²) in [7, 11) is -3.46. The summed E-state index contributed by atoms with van der Waals surface area (Å²) >= 11 is 0. The normalized spacial score (nSPS) is 19.0. The maximum absolute atomic E-state index is 13.0. The number of nitrogens with zero attached hydrogens (tertiary/aromatic N) is 2. The van der Waals surface area contributed by atoms with E-state index in [1.807, 2.05) is 6.92 Å². The third-order valence-corrected chi connectivity index (χ3v) is 5.91. The second-order valence-electron chi connectivity index (χ2n) is 6.09. The lowest BCUT2D eigenvalue weighted by molar-refractivity contribution is 0.382. The van der Waals surface area contributed by atoms with E-state index >= 15 is 0 Å². The topological polar surface area (TPSA) is 62.3 Å². The van der Waals surface area contributed by atoms with Crippen LogP contribution in [0.1, 0.15) is 32.6 Å². The molecular weight excluding hydrogens is 286 g/mol. The summed E-state index contributed by atoms with van der Waals surface area (Å²) in [6.07, 6.45) is 6.25. The molecule has 21 heavy (non-hydrogen) atoms. The highest BCUT2D eigenvalue weighted by Gasteiger charge is 2.36. The fourth-order valence-electron chi connectivity index (χ4n) is 2.49. The molecular formula is C15H23N3O2S. The predicted molar refractivity (Wildman–Crippen MR) is 82.6 cm³/mol. The molecule has 2 fully saturated rings. The summed E-state index contributed by atoms with van der Waals surface area (Å²) in [4.78, 5) is 4.50. The van der Waals surface area contributed by atoms with Gasteiger partial charge in [-0.2, -0.15) is 4.31 Å². The van der Waals surface area contributed by atoms with Crippen LogP contribution < -0.4 is 5.32 Å². The zero-order valence-corrected chi connectivity index (χ0v) is 13.3. The van der Waals surface area contributed by atoms with Gasteiger partial charge in [-0.25, -0.2) is 13.4 Å². The second-order valence-corrected chi connectivity index (χ2v) is 8.00. The minimum Gasteiger partial charge on any atom is -0.369 e. The molecule has 0 saturated heterocycles. The molecule has 5 nitrogen and oxygen atoms in total. The van der Waals surface area contributed by atoms with Crippen LogP contribution in [0.3, 0.4) is 0 Å². The molecule has 2 saturated carbocycles. The molecule has 0 atom stereocenters. The Hall–Kier alpha value is -1.14. The maximum atomic E-state index is 13.0. The molecule has 116 valence electrons. The van der Waals surface area contributed by atoms with Crippen LogP contribution in [-0.4, -0.2) is 37.3 Å². The first-order chi connectivity index (χ1) is 10.1. The lowest BCUT2D eigenvalue weighted by atomic mass is 10.4. The Morgan fingerprint density at radius 1 is 1.24 bits per heavy atom. The van der Waals surface area contributed by atoms with Gasteiger partial charge in [-0.1, -0.05) is 0 Å². The van der Waals surface area contributed by atoms with Crippen LogP contribution in [0.15, 0.2) is 23.2 Å². The summed E-state index contributed by atoms with van der Waals surface area (Å²) in [5, 5.41) is 3.06. The van der Waals surface area contributed by atoms with Gasteiger partial charge in [0.15, 0.2) is 0 Å². The zero-order valence-electron chi connectivity index (χ0n) is 12.5. The number of nitrogens with one attached hydrogen (secondary N) is 1. The molecule has 1 aromatic heterocycles. The number of sulfonamides is 1. The molecule has 0 spiro atoms. The summed E-state index contributed by atoms with van der Waals surface area (Å²) in [6.45, 7) is 3.93. The van der Waals surface area contributed by atoms with Crippen molar-refractivity contribution in [3.63, 3.8) is 0 Å². The average Bonchev–Trinajstić information content (AvgIpc) is 3.34. The van der Waals surface area contributed by atoms with Crippen LogP contribution in [0.2, 0.25) is 0 Å². The molecule has 1 N–H and O–H groups in total. The van der Waals surface area contributed by atoms with Crippen LogP contribution in [0.5, 0.6) is 0 Å². The van der Waals surface area contributed by atoms with Gasteiger partial charge in [-0.15, -0.1) is 0 Å². The molecule has 6 heteroatoms. The minimum absolute atomic E-state index is 0.313. The first kappa shape index (κ1) is 14.8. The van der Waals surface area contributed by atoms with E-state index in [1.165, 1.54) is 0 Å². The van der Waals surface area contributed by atoms with Gasteiger partial charge in [-0.3, -0.25) is 0 Å². The molecule has 0 amide bonds. The lowest BCUT2D eigenvalue weighted by Crippen LogP contribution is -2.35. The highest BCUT2D eigenvalue weighted by atomic mass is 32.2. The first-order valence-corrected chi connectivity index (χ1v) is 9.24. The molecule has 0 aliphatic heterocycles. The molecule has 3 rings (SSSR count). The fraction of sp³-hybridized carbons (Fsp3) is 0.667. The van der Waals surface area contributed by atoms with Crippen molar-refractivity contribution in [2.45, 2.75) is 37.5 Å². The summed E-state index contributed by atoms with van der Waals surface area (Å²) in [5.74, 6) is 1.58. The highest BCUT2D eigenvalue weighted by Crippen LogP contribution is 2.36. The highest BCUT2D eigenvalue weighted by molar-refractivity contribution is 7.89. The standard InChI is InChI=1S/C15H23N3O2S/c1-2-16-15-14(4-3-9-17-15)21(19,20)18(10-12-5-6-12)11-13-7-8-13/h3-4,9,12-13H,2,5-8,10-11H2,1H3,(H,16,17). The van der Waals surface area contributed by atoms with Crippen LogP contribution in [-0.2, 0) is 10.0 Å². The van der Waals surface area contributed by atoms with Crippen LogP contribution in [0.25, 0.3) is 0 Å². The molecule has 2 aliphatic rings. The lowest BCUT2D eigenvalue weighted by Gasteiger charge is -2.23. The van der Waals surface area contributed by atoms with Crippen molar-refractivity contribution in [2.24, 2.45) is 11.8 Å². The van der Waals surface area contributed by atoms with E-state index in [-0.39, 0.29) is 0 Å². The van der Waals surface area contributed by atoms with Gasteiger partial charge < -0.3 is 5.32 Å². The Bertz CT molecular complexity index is 581. The van der Waals surface area contributed by atoms with E-state index in [2.05, 4.69) is 10.3 Å². The van der Waals surface area contributed by atoms with E-state index in [1.54, 1.807) is 22.6 Å². The molecule has 1 aromatic rings. The molecule has 0 unspecified atom stereocenters. The quantitative estimate of drug-likeness (QED) is 0.800. The summed E-state index contributed by atoms with van der Waals surface area (Å²) < 4.78 is 27.7.